The summed E-state index contributed by atoms with van der Waals surface area (Å²) >= 11 is 0. The standard InChI is InChI=1S/C17H17F5N2O4S/c18-3-4-27-15-7-11(19)14(6-12(15)20)24-29(25,26)16-8-23-13-5-9(28-17(21)22)1-2-10(13)16/h6-9,17,23-24H,1-5H2. The molecule has 0 radical (unpaired) electrons. The minimum Gasteiger partial charge on any atom is -0.488 e. The molecule has 1 aromatic carbocycles. The van der Waals surface area contributed by atoms with Crippen molar-refractivity contribution in [3.8, 4) is 5.75 Å². The summed E-state index contributed by atoms with van der Waals surface area (Å²) in [5.74, 6) is -2.73. The van der Waals surface area contributed by atoms with Gasteiger partial charge in [0.25, 0.3) is 10.0 Å². The summed E-state index contributed by atoms with van der Waals surface area (Å²) in [6, 6.07) is 1.20. The van der Waals surface area contributed by atoms with Crippen molar-refractivity contribution >= 4 is 15.7 Å². The number of H-pyrrole nitrogens is 1. The molecule has 2 aromatic rings. The molecule has 1 aliphatic carbocycles. The minimum absolute atomic E-state index is 0.0682. The van der Waals surface area contributed by atoms with Crippen LogP contribution in [0.5, 0.6) is 5.75 Å². The first-order chi connectivity index (χ1) is 13.7. The predicted octanol–water partition coefficient (Wildman–Crippen LogP) is 3.54. The van der Waals surface area contributed by atoms with Crippen LogP contribution in [-0.4, -0.2) is 39.4 Å². The van der Waals surface area contributed by atoms with E-state index in [2.05, 4.69) is 9.72 Å². The first-order valence-corrected chi connectivity index (χ1v) is 10.0. The molecule has 29 heavy (non-hydrogen) atoms. The van der Waals surface area contributed by atoms with Crippen molar-refractivity contribution in [2.45, 2.75) is 36.9 Å². The van der Waals surface area contributed by atoms with Gasteiger partial charge in [0.1, 0.15) is 18.2 Å². The molecule has 0 amide bonds. The normalized spacial score (nSPS) is 16.7. The van der Waals surface area contributed by atoms with Crippen molar-refractivity contribution in [3.05, 3.63) is 41.2 Å². The zero-order valence-corrected chi connectivity index (χ0v) is 15.7. The van der Waals surface area contributed by atoms with E-state index in [-0.39, 0.29) is 24.2 Å². The second-order valence-corrected chi connectivity index (χ2v) is 7.93. The number of hydrogen-bond acceptors (Lipinski definition) is 4. The molecule has 1 aliphatic rings. The molecule has 0 aliphatic heterocycles. The predicted molar refractivity (Wildman–Crippen MR) is 92.3 cm³/mol. The third-order valence-electron chi connectivity index (χ3n) is 4.37. The van der Waals surface area contributed by atoms with E-state index in [9.17, 15) is 30.4 Å². The van der Waals surface area contributed by atoms with Crippen molar-refractivity contribution in [3.63, 3.8) is 0 Å². The van der Waals surface area contributed by atoms with E-state index in [1.165, 1.54) is 0 Å². The van der Waals surface area contributed by atoms with Gasteiger partial charge in [-0.05, 0) is 18.4 Å². The molecule has 2 N–H and O–H groups in total. The van der Waals surface area contributed by atoms with Crippen molar-refractivity contribution in [1.29, 1.82) is 0 Å². The number of benzene rings is 1. The summed E-state index contributed by atoms with van der Waals surface area (Å²) in [6.07, 6.45) is 0.803. The maximum Gasteiger partial charge on any atom is 0.345 e. The minimum atomic E-state index is -4.30. The molecular formula is C17H17F5N2O4S. The van der Waals surface area contributed by atoms with Crippen molar-refractivity contribution in [2.24, 2.45) is 0 Å². The number of fused-ring (bicyclic) bond motifs is 1. The Morgan fingerprint density at radius 3 is 2.69 bits per heavy atom. The second-order valence-electron chi connectivity index (χ2n) is 6.28. The molecule has 160 valence electrons. The topological polar surface area (TPSA) is 80.4 Å². The summed E-state index contributed by atoms with van der Waals surface area (Å²) in [4.78, 5) is 2.52. The zero-order chi connectivity index (χ0) is 21.2. The molecule has 0 saturated carbocycles. The Balaban J connectivity index is 1.81. The molecule has 12 heteroatoms. The number of sulfonamides is 1. The number of rotatable bonds is 8. The average molecular weight is 440 g/mol. The maximum atomic E-state index is 14.2. The van der Waals surface area contributed by atoms with E-state index >= 15 is 0 Å². The molecule has 1 unspecified atom stereocenters. The fourth-order valence-electron chi connectivity index (χ4n) is 3.13. The first-order valence-electron chi connectivity index (χ1n) is 8.54. The van der Waals surface area contributed by atoms with Crippen LogP contribution in [0.1, 0.15) is 17.7 Å². The highest BCUT2D eigenvalue weighted by Gasteiger charge is 2.30. The Morgan fingerprint density at radius 2 is 2.00 bits per heavy atom. The van der Waals surface area contributed by atoms with E-state index in [4.69, 9.17) is 4.74 Å². The van der Waals surface area contributed by atoms with Gasteiger partial charge in [-0.3, -0.25) is 4.72 Å². The van der Waals surface area contributed by atoms with Crippen molar-refractivity contribution in [2.75, 3.05) is 18.0 Å². The lowest BCUT2D eigenvalue weighted by Crippen LogP contribution is -2.25. The SMILES string of the molecule is O=S(=O)(Nc1cc(F)c(OCCF)cc1F)c1c[nH]c2c1CCC(OC(F)F)C2. The van der Waals surface area contributed by atoms with Crippen LogP contribution in [0.2, 0.25) is 0 Å². The molecule has 6 nitrogen and oxygen atoms in total. The van der Waals surface area contributed by atoms with Crippen LogP contribution in [0.25, 0.3) is 0 Å². The summed E-state index contributed by atoms with van der Waals surface area (Å²) in [5, 5.41) is 0. The molecule has 3 rings (SSSR count). The highest BCUT2D eigenvalue weighted by molar-refractivity contribution is 7.92. The summed E-state index contributed by atoms with van der Waals surface area (Å²) in [5.41, 5.74) is 0.138. The average Bonchev–Trinajstić information content (AvgIpc) is 3.06. The summed E-state index contributed by atoms with van der Waals surface area (Å²) < 4.78 is 101. The van der Waals surface area contributed by atoms with E-state index in [1.54, 1.807) is 0 Å². The molecule has 1 aromatic heterocycles. The van der Waals surface area contributed by atoms with Gasteiger partial charge in [0.15, 0.2) is 17.4 Å². The Kier molecular flexibility index (Phi) is 6.32. The maximum absolute atomic E-state index is 14.2. The van der Waals surface area contributed by atoms with E-state index in [0.29, 0.717) is 23.4 Å². The van der Waals surface area contributed by atoms with Crippen LogP contribution in [0, 0.1) is 11.6 Å². The van der Waals surface area contributed by atoms with E-state index < -0.39 is 59.1 Å². The fourth-order valence-corrected chi connectivity index (χ4v) is 4.45. The lowest BCUT2D eigenvalue weighted by molar-refractivity contribution is -0.164. The number of ether oxygens (including phenoxy) is 2. The molecule has 0 bridgehead atoms. The van der Waals surface area contributed by atoms with Crippen LogP contribution < -0.4 is 9.46 Å². The van der Waals surface area contributed by atoms with Gasteiger partial charge in [0, 0.05) is 30.4 Å². The largest absolute Gasteiger partial charge is 0.488 e. The van der Waals surface area contributed by atoms with E-state index in [1.807, 2.05) is 4.72 Å². The molecule has 0 fully saturated rings. The van der Waals surface area contributed by atoms with Crippen LogP contribution in [0.3, 0.4) is 0 Å². The monoisotopic (exact) mass is 440 g/mol. The lowest BCUT2D eigenvalue weighted by Gasteiger charge is -2.22. The molecule has 1 atom stereocenters. The van der Waals surface area contributed by atoms with Gasteiger partial charge in [-0.1, -0.05) is 0 Å². The number of hydrogen-bond donors (Lipinski definition) is 2. The summed E-state index contributed by atoms with van der Waals surface area (Å²) in [6.45, 7) is -4.32. The van der Waals surface area contributed by atoms with Gasteiger partial charge in [-0.2, -0.15) is 8.78 Å². The highest BCUT2D eigenvalue weighted by atomic mass is 32.2. The number of anilines is 1. The Morgan fingerprint density at radius 1 is 1.24 bits per heavy atom. The van der Waals surface area contributed by atoms with Crippen LogP contribution in [0.15, 0.2) is 23.2 Å². The second kappa shape index (κ2) is 8.57. The fraction of sp³-hybridized carbons (Fsp3) is 0.412. The van der Waals surface area contributed by atoms with Gasteiger partial charge in [-0.25, -0.2) is 21.6 Å². The zero-order valence-electron chi connectivity index (χ0n) is 14.9. The van der Waals surface area contributed by atoms with Gasteiger partial charge in [0.05, 0.1) is 11.8 Å². The Hall–Kier alpha value is -2.34. The van der Waals surface area contributed by atoms with Gasteiger partial charge < -0.3 is 14.5 Å². The molecular weight excluding hydrogens is 423 g/mol. The lowest BCUT2D eigenvalue weighted by atomic mass is 9.95. The first kappa shape index (κ1) is 21.4. The smallest absolute Gasteiger partial charge is 0.345 e. The third kappa shape index (κ3) is 4.81. The molecule has 0 spiro atoms. The number of aromatic amines is 1. The number of halogens is 5. The van der Waals surface area contributed by atoms with Gasteiger partial charge >= 0.3 is 6.61 Å². The van der Waals surface area contributed by atoms with Gasteiger partial charge in [-0.15, -0.1) is 0 Å². The van der Waals surface area contributed by atoms with Crippen LogP contribution in [0.4, 0.5) is 27.6 Å². The Labute approximate surface area is 163 Å². The van der Waals surface area contributed by atoms with Gasteiger partial charge in [0.2, 0.25) is 0 Å². The van der Waals surface area contributed by atoms with Crippen LogP contribution >= 0.6 is 0 Å². The van der Waals surface area contributed by atoms with Crippen molar-refractivity contribution < 1.29 is 39.8 Å². The molecule has 1 heterocycles. The third-order valence-corrected chi connectivity index (χ3v) is 5.80. The highest BCUT2D eigenvalue weighted by Crippen LogP contribution is 2.32. The van der Waals surface area contributed by atoms with Crippen molar-refractivity contribution in [1.82, 2.24) is 4.98 Å². The number of aromatic nitrogens is 1. The van der Waals surface area contributed by atoms with Crippen LogP contribution in [-0.2, 0) is 27.6 Å². The number of alkyl halides is 3. The van der Waals surface area contributed by atoms with E-state index in [0.717, 1.165) is 6.20 Å². The Bertz CT molecular complexity index is 980. The summed E-state index contributed by atoms with van der Waals surface area (Å²) in [7, 11) is -4.30. The number of nitrogens with one attached hydrogen (secondary N) is 2. The quantitative estimate of drug-likeness (QED) is 0.616. The molecule has 0 saturated heterocycles.